The van der Waals surface area contributed by atoms with Gasteiger partial charge in [-0.05, 0) is 30.7 Å². The predicted octanol–water partition coefficient (Wildman–Crippen LogP) is 0.893. The zero-order valence-corrected chi connectivity index (χ0v) is 5.58. The number of phenolic OH excluding ortho intramolecular Hbond substituents is 1. The van der Waals surface area contributed by atoms with E-state index in [1.54, 1.807) is 18.2 Å². The molecule has 0 radical (unpaired) electrons. The molecule has 0 aliphatic rings. The maximum absolute atomic E-state index is 6.86. The van der Waals surface area contributed by atoms with E-state index in [0.29, 0.717) is 24.4 Å². The Labute approximate surface area is 64.7 Å². The number of hydrogen-bond acceptors (Lipinski definition) is 2. The fourth-order valence-electron chi connectivity index (χ4n) is 0.830. The zero-order chi connectivity index (χ0) is 9.68. The Balaban J connectivity index is 2.56. The Bertz CT molecular complexity index is 267. The molecular formula is C8H11NO. The smallest absolute Gasteiger partial charge is 0.293 e. The van der Waals surface area contributed by atoms with E-state index in [4.69, 9.17) is 4.25 Å². The molecule has 0 amide bonds. The largest absolute Gasteiger partial charge is 0.508 e. The van der Waals surface area contributed by atoms with Crippen LogP contribution < -0.4 is 5.72 Å². The summed E-state index contributed by atoms with van der Waals surface area (Å²) >= 11 is 0. The zero-order valence-electron chi connectivity index (χ0n) is 8.58. The molecule has 0 saturated carbocycles. The fourth-order valence-corrected chi connectivity index (χ4v) is 0.830. The summed E-state index contributed by atoms with van der Waals surface area (Å²) in [7, 11) is 0. The molecule has 2 heteroatoms. The molecular weight excluding hydrogens is 126 g/mol. The van der Waals surface area contributed by atoms with Gasteiger partial charge in [-0.15, -0.1) is 0 Å². The van der Waals surface area contributed by atoms with Gasteiger partial charge < -0.3 is 10.8 Å². The number of hydrogen-bond donors (Lipinski definition) is 2. The molecule has 1 rings (SSSR count). The second-order valence-corrected chi connectivity index (χ2v) is 2.12. The summed E-state index contributed by atoms with van der Waals surface area (Å²) in [5.74, 6) is 0.485. The van der Waals surface area contributed by atoms with Crippen molar-refractivity contribution in [3.05, 3.63) is 29.8 Å². The van der Waals surface area contributed by atoms with Crippen LogP contribution in [-0.4, -0.2) is 13.1 Å². The molecule has 0 aliphatic carbocycles. The van der Waals surface area contributed by atoms with Gasteiger partial charge in [0, 0.05) is 0 Å². The Kier molecular flexibility index (Phi) is 1.28. The van der Waals surface area contributed by atoms with Crippen molar-refractivity contribution >= 4 is 0 Å². The molecule has 0 aromatic heterocycles. The van der Waals surface area contributed by atoms with Gasteiger partial charge in [0.1, 0.15) is 8.57 Å². The minimum atomic E-state index is 0.349. The molecule has 0 heterocycles. The van der Waals surface area contributed by atoms with E-state index in [1.807, 2.05) is 6.07 Å². The lowest BCUT2D eigenvalue weighted by atomic mass is 10.1. The van der Waals surface area contributed by atoms with Crippen LogP contribution in [0.4, 0.5) is 0 Å². The lowest BCUT2D eigenvalue weighted by Crippen LogP contribution is -2.01. The third-order valence-corrected chi connectivity index (χ3v) is 1.30. The lowest BCUT2D eigenvalue weighted by Gasteiger charge is -1.97. The normalized spacial score (nSPS) is 13.9. The number of benzene rings is 1. The average molecular weight is 140 g/mol. The molecule has 1 aromatic rings. The van der Waals surface area contributed by atoms with Crippen molar-refractivity contribution in [2.75, 3.05) is 6.54 Å². The van der Waals surface area contributed by atoms with E-state index in [2.05, 4.69) is 5.11 Å². The van der Waals surface area contributed by atoms with Gasteiger partial charge in [0.25, 0.3) is 1.43 Å². The van der Waals surface area contributed by atoms with Gasteiger partial charge in [-0.25, -0.2) is 0 Å². The maximum atomic E-state index is 6.86. The van der Waals surface area contributed by atoms with Crippen LogP contribution in [0.25, 0.3) is 0 Å². The molecule has 1 aromatic carbocycles. The molecule has 2 nitrogen and oxygen atoms in total. The Morgan fingerprint density at radius 3 is 3.50 bits per heavy atom. The first-order valence-electron chi connectivity index (χ1n) is 4.50. The van der Waals surface area contributed by atoms with Gasteiger partial charge in [0.15, 0.2) is 0 Å². The highest BCUT2D eigenvalue weighted by Gasteiger charge is 1.90. The van der Waals surface area contributed by atoms with Gasteiger partial charge in [-0.3, -0.25) is 0 Å². The molecule has 10 heavy (non-hydrogen) atoms. The van der Waals surface area contributed by atoms with Crippen molar-refractivity contribution < 1.29 is 7.93 Å². The minimum absolute atomic E-state index is 0.349. The van der Waals surface area contributed by atoms with Gasteiger partial charge in [0.2, 0.25) is 0 Å². The van der Waals surface area contributed by atoms with Crippen molar-refractivity contribution in [1.29, 1.82) is 1.43 Å². The van der Waals surface area contributed by atoms with E-state index in [1.165, 1.54) is 0 Å². The molecule has 54 valence electrons. The van der Waals surface area contributed by atoms with Crippen LogP contribution in [0.15, 0.2) is 24.3 Å². The topological polar surface area (TPSA) is 46.2 Å². The monoisotopic (exact) mass is 140 g/mol. The number of rotatable bonds is 4. The lowest BCUT2D eigenvalue weighted by molar-refractivity contribution is 0.474. The van der Waals surface area contributed by atoms with Gasteiger partial charge >= 0.3 is 0 Å². The summed E-state index contributed by atoms with van der Waals surface area (Å²) < 4.78 is 20.4. The molecule has 0 bridgehead atoms. The second-order valence-electron chi connectivity index (χ2n) is 2.12. The SMILES string of the molecule is [2H]Oc1cccc(CCN([2H])[2H])c1. The summed E-state index contributed by atoms with van der Waals surface area (Å²) in [4.78, 5) is 0. The third kappa shape index (κ3) is 1.74. The van der Waals surface area contributed by atoms with E-state index >= 15 is 0 Å². The Morgan fingerprint density at radius 1 is 1.70 bits per heavy atom. The van der Waals surface area contributed by atoms with E-state index < -0.39 is 0 Å². The van der Waals surface area contributed by atoms with Crippen molar-refractivity contribution in [2.45, 2.75) is 6.42 Å². The van der Waals surface area contributed by atoms with Crippen molar-refractivity contribution in [3.63, 3.8) is 0 Å². The van der Waals surface area contributed by atoms with E-state index in [9.17, 15) is 0 Å². The van der Waals surface area contributed by atoms with Crippen LogP contribution in [0.5, 0.6) is 5.75 Å². The molecule has 0 saturated heterocycles. The van der Waals surface area contributed by atoms with E-state index in [-0.39, 0.29) is 0 Å². The fraction of sp³-hybridized carbons (Fsp3) is 0.250. The van der Waals surface area contributed by atoms with Crippen LogP contribution in [0.2, 0.25) is 2.82 Å². The Morgan fingerprint density at radius 2 is 2.70 bits per heavy atom. The number of aromatic hydroxyl groups is 1. The quantitative estimate of drug-likeness (QED) is 0.652. The van der Waals surface area contributed by atoms with Crippen molar-refractivity contribution in [2.24, 2.45) is 5.72 Å². The predicted molar refractivity (Wildman–Crippen MR) is 40.9 cm³/mol. The average Bonchev–Trinajstić information content (AvgIpc) is 2.15. The minimum Gasteiger partial charge on any atom is -0.508 e. The molecule has 3 N–H and O–H groups in total. The maximum Gasteiger partial charge on any atom is 0.293 e. The Hall–Kier alpha value is -1.02. The number of nitrogens with two attached hydrogens (primary N) is 1. The van der Waals surface area contributed by atoms with Crippen molar-refractivity contribution in [1.82, 2.24) is 0 Å². The second kappa shape index (κ2) is 3.22. The van der Waals surface area contributed by atoms with Crippen LogP contribution in [-0.2, 0) is 6.42 Å². The first kappa shape index (κ1) is 3.98. The first-order chi connectivity index (χ1) is 6.22. The molecule has 0 spiro atoms. The highest BCUT2D eigenvalue weighted by Crippen LogP contribution is 2.10. The van der Waals surface area contributed by atoms with Crippen LogP contribution in [0, 0.1) is 0 Å². The summed E-state index contributed by atoms with van der Waals surface area (Å²) in [6.45, 7) is 0.349. The van der Waals surface area contributed by atoms with Gasteiger partial charge in [0.05, 0.1) is 0 Å². The standard InChI is InChI=1S/C8H11NO/c9-5-4-7-2-1-3-8(10)6-7/h1-3,6,10H,4-5,9H2/i/hD3. The summed E-state index contributed by atoms with van der Waals surface area (Å²) in [5, 5.41) is 4.30. The summed E-state index contributed by atoms with van der Waals surface area (Å²) in [5.41, 5.74) is 1.60. The third-order valence-electron chi connectivity index (χ3n) is 1.30. The van der Waals surface area contributed by atoms with Crippen LogP contribution >= 0.6 is 0 Å². The highest BCUT2D eigenvalue weighted by molar-refractivity contribution is 5.27. The highest BCUT2D eigenvalue weighted by atomic mass is 16.3. The molecule has 0 fully saturated rings. The molecule has 0 aliphatic heterocycles. The molecule has 0 atom stereocenters. The van der Waals surface area contributed by atoms with Gasteiger partial charge in [-0.1, -0.05) is 12.1 Å². The van der Waals surface area contributed by atoms with E-state index in [0.717, 1.165) is 5.56 Å². The van der Waals surface area contributed by atoms with Crippen molar-refractivity contribution in [3.8, 4) is 5.75 Å². The number of phenols is 1. The van der Waals surface area contributed by atoms with Crippen LogP contribution in [0.3, 0.4) is 0 Å². The van der Waals surface area contributed by atoms with Crippen LogP contribution in [0.1, 0.15) is 5.56 Å². The summed E-state index contributed by atoms with van der Waals surface area (Å²) in [6, 6.07) is 7.09. The van der Waals surface area contributed by atoms with Gasteiger partial charge in [-0.2, -0.15) is 0 Å². The summed E-state index contributed by atoms with van der Waals surface area (Å²) in [6.07, 6.45) is 0.615. The molecule has 0 unspecified atom stereocenters. The first-order valence-corrected chi connectivity index (χ1v) is 3.20.